The molecule has 2 aromatic carbocycles. The Balaban J connectivity index is 1.13. The van der Waals surface area contributed by atoms with Crippen LogP contribution in [0.4, 0.5) is 4.79 Å². The van der Waals surface area contributed by atoms with Gasteiger partial charge >= 0.3 is 6.09 Å². The molecule has 0 radical (unpaired) electrons. The van der Waals surface area contributed by atoms with Crippen LogP contribution in [0.25, 0.3) is 11.1 Å². The Kier molecular flexibility index (Phi) is 5.84. The number of nitrogens with zero attached hydrogens (tertiary/aromatic N) is 1. The number of benzene rings is 2. The van der Waals surface area contributed by atoms with Crippen LogP contribution in [0.1, 0.15) is 62.0 Å². The zero-order chi connectivity index (χ0) is 23.1. The maximum Gasteiger partial charge on any atom is 0.410 e. The van der Waals surface area contributed by atoms with E-state index in [0.717, 1.165) is 19.3 Å². The van der Waals surface area contributed by atoms with Gasteiger partial charge in [-0.05, 0) is 60.8 Å². The molecule has 0 saturated carbocycles. The van der Waals surface area contributed by atoms with E-state index in [9.17, 15) is 9.90 Å². The molecule has 6 nitrogen and oxygen atoms in total. The number of ether oxygens (including phenoxy) is 3. The van der Waals surface area contributed by atoms with Crippen LogP contribution in [-0.2, 0) is 14.2 Å². The van der Waals surface area contributed by atoms with Gasteiger partial charge in [-0.15, -0.1) is 0 Å². The van der Waals surface area contributed by atoms with Crippen molar-refractivity contribution in [3.8, 4) is 11.1 Å². The molecular weight excluding hydrogens is 430 g/mol. The van der Waals surface area contributed by atoms with Crippen LogP contribution >= 0.6 is 0 Å². The Morgan fingerprint density at radius 1 is 0.971 bits per heavy atom. The van der Waals surface area contributed by atoms with Crippen LogP contribution in [0.15, 0.2) is 48.5 Å². The van der Waals surface area contributed by atoms with Crippen molar-refractivity contribution in [1.29, 1.82) is 0 Å². The summed E-state index contributed by atoms with van der Waals surface area (Å²) in [5, 5.41) is 11.4. The lowest BCUT2D eigenvalue weighted by Gasteiger charge is -2.51. The lowest BCUT2D eigenvalue weighted by Crippen LogP contribution is -2.60. The highest BCUT2D eigenvalue weighted by molar-refractivity contribution is 5.79. The summed E-state index contributed by atoms with van der Waals surface area (Å²) in [7, 11) is 0. The molecule has 2 atom stereocenters. The van der Waals surface area contributed by atoms with Gasteiger partial charge in [0.05, 0.1) is 18.8 Å². The summed E-state index contributed by atoms with van der Waals surface area (Å²) in [5.74, 6) is 0.0596. The predicted octanol–water partition coefficient (Wildman–Crippen LogP) is 4.84. The average molecular weight is 464 g/mol. The molecule has 1 amide bonds. The summed E-state index contributed by atoms with van der Waals surface area (Å²) >= 11 is 0. The quantitative estimate of drug-likeness (QED) is 0.688. The zero-order valence-electron chi connectivity index (χ0n) is 19.5. The first-order chi connectivity index (χ1) is 16.6. The Morgan fingerprint density at radius 3 is 2.18 bits per heavy atom. The molecule has 3 heterocycles. The van der Waals surface area contributed by atoms with E-state index in [0.29, 0.717) is 45.5 Å². The fraction of sp³-hybridized carbons (Fsp3) is 0.536. The van der Waals surface area contributed by atoms with Crippen molar-refractivity contribution in [2.24, 2.45) is 0 Å². The van der Waals surface area contributed by atoms with Gasteiger partial charge in [0, 0.05) is 24.4 Å². The first kappa shape index (κ1) is 22.1. The summed E-state index contributed by atoms with van der Waals surface area (Å²) in [5.41, 5.74) is 4.14. The fourth-order valence-electron chi connectivity index (χ4n) is 6.66. The number of amides is 1. The molecule has 3 aliphatic heterocycles. The highest BCUT2D eigenvalue weighted by Crippen LogP contribution is 2.45. The molecule has 2 aromatic rings. The third-order valence-corrected chi connectivity index (χ3v) is 8.18. The van der Waals surface area contributed by atoms with Crippen molar-refractivity contribution < 1.29 is 24.1 Å². The number of fused-ring (bicyclic) bond motifs is 5. The first-order valence-electron chi connectivity index (χ1n) is 12.7. The number of hydrogen-bond donors (Lipinski definition) is 1. The van der Waals surface area contributed by atoms with Gasteiger partial charge in [-0.1, -0.05) is 48.5 Å². The molecule has 2 bridgehead atoms. The van der Waals surface area contributed by atoms with Crippen molar-refractivity contribution >= 4 is 6.09 Å². The van der Waals surface area contributed by atoms with Crippen LogP contribution in [0.5, 0.6) is 0 Å². The van der Waals surface area contributed by atoms with E-state index in [1.54, 1.807) is 0 Å². The maximum absolute atomic E-state index is 13.4. The Hall–Kier alpha value is -2.41. The second-order valence-corrected chi connectivity index (χ2v) is 10.3. The summed E-state index contributed by atoms with van der Waals surface area (Å²) in [6.45, 7) is 1.59. The molecule has 4 aliphatic rings. The van der Waals surface area contributed by atoms with Crippen molar-refractivity contribution in [2.45, 2.75) is 74.8 Å². The highest BCUT2D eigenvalue weighted by atomic mass is 16.7. The molecule has 6 heteroatoms. The highest BCUT2D eigenvalue weighted by Gasteiger charge is 2.48. The van der Waals surface area contributed by atoms with E-state index in [1.165, 1.54) is 22.3 Å². The topological polar surface area (TPSA) is 68.2 Å². The molecule has 2 unspecified atom stereocenters. The SMILES string of the molecule is O=C(OCC1c2ccccc2-c2ccccc21)N1C2CCCC1CC(O)(CCC1OCCO1)C2. The summed E-state index contributed by atoms with van der Waals surface area (Å²) in [6.07, 6.45) is 5.02. The standard InChI is InChI=1S/C28H33NO5/c30-27(34-18-25-23-10-3-1-8-21(23)22-9-2-4-11-24(22)25)29-19-6-5-7-20(29)17-28(31,16-19)13-12-26-32-14-15-33-26/h1-4,8-11,19-20,25-26,31H,5-7,12-18H2. The van der Waals surface area contributed by atoms with Gasteiger partial charge in [-0.3, -0.25) is 0 Å². The van der Waals surface area contributed by atoms with Gasteiger partial charge in [0.25, 0.3) is 0 Å². The molecule has 180 valence electrons. The van der Waals surface area contributed by atoms with E-state index in [2.05, 4.69) is 48.5 Å². The van der Waals surface area contributed by atoms with E-state index < -0.39 is 5.60 Å². The minimum atomic E-state index is -0.773. The van der Waals surface area contributed by atoms with E-state index in [4.69, 9.17) is 14.2 Å². The molecule has 0 spiro atoms. The first-order valence-corrected chi connectivity index (χ1v) is 12.7. The number of aliphatic hydroxyl groups is 1. The van der Waals surface area contributed by atoms with Gasteiger partial charge in [0.1, 0.15) is 6.61 Å². The average Bonchev–Trinajstić information content (AvgIpc) is 3.47. The molecule has 1 N–H and O–H groups in total. The van der Waals surface area contributed by atoms with Crippen molar-refractivity contribution in [3.63, 3.8) is 0 Å². The van der Waals surface area contributed by atoms with Crippen LogP contribution in [0.3, 0.4) is 0 Å². The fourth-order valence-corrected chi connectivity index (χ4v) is 6.66. The Morgan fingerprint density at radius 2 is 1.56 bits per heavy atom. The molecule has 3 fully saturated rings. The summed E-state index contributed by atoms with van der Waals surface area (Å²) < 4.78 is 17.1. The number of rotatable bonds is 5. The van der Waals surface area contributed by atoms with E-state index in [-0.39, 0.29) is 30.4 Å². The third kappa shape index (κ3) is 4.02. The number of carbonyl (C=O) groups is 1. The lowest BCUT2D eigenvalue weighted by atomic mass is 9.74. The number of carbonyl (C=O) groups excluding carboxylic acids is 1. The summed E-state index contributed by atoms with van der Waals surface area (Å²) in [6, 6.07) is 16.9. The maximum atomic E-state index is 13.4. The number of hydrogen-bond acceptors (Lipinski definition) is 5. The minimum Gasteiger partial charge on any atom is -0.448 e. The van der Waals surface area contributed by atoms with Gasteiger partial charge in [-0.25, -0.2) is 4.79 Å². The molecule has 34 heavy (non-hydrogen) atoms. The Bertz CT molecular complexity index is 989. The van der Waals surface area contributed by atoms with E-state index >= 15 is 0 Å². The third-order valence-electron chi connectivity index (χ3n) is 8.18. The second kappa shape index (κ2) is 8.99. The normalized spacial score (nSPS) is 28.6. The van der Waals surface area contributed by atoms with Gasteiger partial charge in [0.15, 0.2) is 6.29 Å². The predicted molar refractivity (Wildman–Crippen MR) is 127 cm³/mol. The number of piperidine rings is 2. The Labute approximate surface area is 200 Å². The van der Waals surface area contributed by atoms with Crippen molar-refractivity contribution in [2.75, 3.05) is 19.8 Å². The van der Waals surface area contributed by atoms with Gasteiger partial charge < -0.3 is 24.2 Å². The van der Waals surface area contributed by atoms with Gasteiger partial charge in [-0.2, -0.15) is 0 Å². The summed E-state index contributed by atoms with van der Waals surface area (Å²) in [4.78, 5) is 15.3. The monoisotopic (exact) mass is 463 g/mol. The lowest BCUT2D eigenvalue weighted by molar-refractivity contribution is -0.109. The van der Waals surface area contributed by atoms with Gasteiger partial charge in [0.2, 0.25) is 0 Å². The van der Waals surface area contributed by atoms with Crippen LogP contribution in [0.2, 0.25) is 0 Å². The second-order valence-electron chi connectivity index (χ2n) is 10.3. The van der Waals surface area contributed by atoms with Crippen LogP contribution in [-0.4, -0.2) is 59.9 Å². The van der Waals surface area contributed by atoms with E-state index in [1.807, 2.05) is 4.90 Å². The molecule has 1 aliphatic carbocycles. The largest absolute Gasteiger partial charge is 0.448 e. The molecule has 6 rings (SSSR count). The molecule has 0 aromatic heterocycles. The van der Waals surface area contributed by atoms with Crippen LogP contribution < -0.4 is 0 Å². The zero-order valence-corrected chi connectivity index (χ0v) is 19.5. The molecule has 3 saturated heterocycles. The van der Waals surface area contributed by atoms with Crippen molar-refractivity contribution in [1.82, 2.24) is 4.90 Å². The minimum absolute atomic E-state index is 0.0264. The smallest absolute Gasteiger partial charge is 0.410 e. The van der Waals surface area contributed by atoms with Crippen molar-refractivity contribution in [3.05, 3.63) is 59.7 Å². The molecular formula is C28H33NO5. The van der Waals surface area contributed by atoms with Crippen LogP contribution in [0, 0.1) is 0 Å².